The first-order chi connectivity index (χ1) is 8.69. The maximum absolute atomic E-state index is 11.9. The molecule has 18 heavy (non-hydrogen) atoms. The van der Waals surface area contributed by atoms with Gasteiger partial charge < -0.3 is 5.32 Å². The molecule has 0 spiro atoms. The van der Waals surface area contributed by atoms with Gasteiger partial charge in [-0.1, -0.05) is 18.5 Å². The summed E-state index contributed by atoms with van der Waals surface area (Å²) >= 11 is 5.71. The zero-order valence-electron chi connectivity index (χ0n) is 9.93. The van der Waals surface area contributed by atoms with Crippen LogP contribution in [0.3, 0.4) is 0 Å². The van der Waals surface area contributed by atoms with Crippen molar-refractivity contribution in [3.05, 3.63) is 41.3 Å². The highest BCUT2D eigenvalue weighted by Gasteiger charge is 2.10. The molecule has 2 rings (SSSR count). The fourth-order valence-corrected chi connectivity index (χ4v) is 1.58. The van der Waals surface area contributed by atoms with Crippen molar-refractivity contribution in [3.8, 4) is 0 Å². The van der Waals surface area contributed by atoms with Crippen molar-refractivity contribution in [2.75, 3.05) is 5.32 Å². The summed E-state index contributed by atoms with van der Waals surface area (Å²) in [5.74, 6) is 0.175. The minimum absolute atomic E-state index is 0.278. The molecule has 5 nitrogen and oxygen atoms in total. The molecule has 0 unspecified atom stereocenters. The molecule has 0 saturated carbocycles. The van der Waals surface area contributed by atoms with Gasteiger partial charge in [-0.3, -0.25) is 9.48 Å². The quantitative estimate of drug-likeness (QED) is 0.923. The molecule has 0 saturated heterocycles. The van der Waals surface area contributed by atoms with E-state index in [-0.39, 0.29) is 5.91 Å². The van der Waals surface area contributed by atoms with Crippen LogP contribution in [0.2, 0.25) is 5.02 Å². The Hall–Kier alpha value is -1.88. The second kappa shape index (κ2) is 5.64. The van der Waals surface area contributed by atoms with Gasteiger partial charge >= 0.3 is 0 Å². The molecule has 2 aromatic rings. The van der Waals surface area contributed by atoms with Crippen LogP contribution in [0, 0.1) is 0 Å². The number of amides is 1. The number of nitrogens with one attached hydrogen (secondary N) is 1. The Morgan fingerprint density at radius 2 is 2.28 bits per heavy atom. The lowest BCUT2D eigenvalue weighted by molar-refractivity contribution is 0.102. The molecule has 0 atom stereocenters. The van der Waals surface area contributed by atoms with Gasteiger partial charge in [0.05, 0.1) is 5.02 Å². The fraction of sp³-hybridized carbons (Fsp3) is 0.250. The molecule has 6 heteroatoms. The van der Waals surface area contributed by atoms with Crippen LogP contribution in [-0.2, 0) is 6.54 Å². The second-order valence-electron chi connectivity index (χ2n) is 3.78. The summed E-state index contributed by atoms with van der Waals surface area (Å²) in [6, 6.07) is 4.99. The van der Waals surface area contributed by atoms with Gasteiger partial charge in [0, 0.05) is 18.9 Å². The summed E-state index contributed by atoms with van der Waals surface area (Å²) < 4.78 is 1.74. The number of carbonyl (C=O) groups excluding carboxylic acids is 1. The van der Waals surface area contributed by atoms with Crippen LogP contribution in [0.25, 0.3) is 0 Å². The van der Waals surface area contributed by atoms with Crippen LogP contribution in [0.15, 0.2) is 30.6 Å². The normalized spacial score (nSPS) is 10.3. The second-order valence-corrected chi connectivity index (χ2v) is 4.22. The zero-order valence-corrected chi connectivity index (χ0v) is 10.7. The molecule has 0 aliphatic carbocycles. The first kappa shape index (κ1) is 12.6. The van der Waals surface area contributed by atoms with Crippen LogP contribution < -0.4 is 5.32 Å². The van der Waals surface area contributed by atoms with E-state index >= 15 is 0 Å². The lowest BCUT2D eigenvalue weighted by Crippen LogP contribution is -2.14. The summed E-state index contributed by atoms with van der Waals surface area (Å²) in [5, 5.41) is 7.35. The molecular formula is C12H13ClN4O. The Morgan fingerprint density at radius 3 is 2.94 bits per heavy atom. The number of carbonyl (C=O) groups is 1. The van der Waals surface area contributed by atoms with E-state index in [9.17, 15) is 4.79 Å². The van der Waals surface area contributed by atoms with Crippen molar-refractivity contribution in [1.82, 2.24) is 14.8 Å². The molecule has 0 bridgehead atoms. The molecule has 0 aliphatic rings. The molecule has 0 aromatic carbocycles. The number of rotatable bonds is 4. The van der Waals surface area contributed by atoms with E-state index in [1.54, 1.807) is 29.1 Å². The minimum atomic E-state index is -0.278. The summed E-state index contributed by atoms with van der Waals surface area (Å²) in [6.07, 6.45) is 4.24. The largest absolute Gasteiger partial charge is 0.305 e. The van der Waals surface area contributed by atoms with Crippen LogP contribution in [0.1, 0.15) is 23.8 Å². The molecule has 2 heterocycles. The minimum Gasteiger partial charge on any atom is -0.305 e. The van der Waals surface area contributed by atoms with Gasteiger partial charge in [-0.15, -0.1) is 0 Å². The monoisotopic (exact) mass is 264 g/mol. The first-order valence-corrected chi connectivity index (χ1v) is 6.03. The van der Waals surface area contributed by atoms with E-state index < -0.39 is 0 Å². The summed E-state index contributed by atoms with van der Waals surface area (Å²) in [7, 11) is 0. The Kier molecular flexibility index (Phi) is 3.94. The number of nitrogens with zero attached hydrogens (tertiary/aromatic N) is 3. The van der Waals surface area contributed by atoms with Gasteiger partial charge in [-0.25, -0.2) is 4.98 Å². The standard InChI is InChI=1S/C12H13ClN4O/c1-2-6-17-7-5-10(16-17)12(18)15-11-4-3-9(13)8-14-11/h3-5,7-8H,2,6H2,1H3,(H,14,15,18). The van der Waals surface area contributed by atoms with E-state index in [1.807, 2.05) is 0 Å². The van der Waals surface area contributed by atoms with Gasteiger partial charge in [0.15, 0.2) is 5.69 Å². The number of pyridine rings is 1. The van der Waals surface area contributed by atoms with Gasteiger partial charge in [0.25, 0.3) is 5.91 Å². The highest BCUT2D eigenvalue weighted by molar-refractivity contribution is 6.30. The predicted octanol–water partition coefficient (Wildman–Crippen LogP) is 2.59. The average Bonchev–Trinajstić information content (AvgIpc) is 2.81. The molecule has 94 valence electrons. The Balaban J connectivity index is 2.04. The van der Waals surface area contributed by atoms with Crippen LogP contribution in [0.5, 0.6) is 0 Å². The third-order valence-electron chi connectivity index (χ3n) is 2.29. The third-order valence-corrected chi connectivity index (χ3v) is 2.52. The van der Waals surface area contributed by atoms with E-state index in [0.29, 0.717) is 16.5 Å². The van der Waals surface area contributed by atoms with Gasteiger partial charge in [0.2, 0.25) is 0 Å². The lowest BCUT2D eigenvalue weighted by atomic mass is 10.4. The van der Waals surface area contributed by atoms with Crippen molar-refractivity contribution in [3.63, 3.8) is 0 Å². The fourth-order valence-electron chi connectivity index (χ4n) is 1.47. The molecule has 0 radical (unpaired) electrons. The first-order valence-electron chi connectivity index (χ1n) is 5.65. The molecule has 2 aromatic heterocycles. The van der Waals surface area contributed by atoms with Gasteiger partial charge in [-0.05, 0) is 24.6 Å². The molecule has 1 amide bonds. The number of hydrogen-bond acceptors (Lipinski definition) is 3. The molecular weight excluding hydrogens is 252 g/mol. The molecule has 1 N–H and O–H groups in total. The van der Waals surface area contributed by atoms with E-state index in [1.165, 1.54) is 6.20 Å². The number of hydrogen-bond donors (Lipinski definition) is 1. The van der Waals surface area contributed by atoms with Crippen LogP contribution in [0.4, 0.5) is 5.82 Å². The summed E-state index contributed by atoms with van der Waals surface area (Å²) in [5.41, 5.74) is 0.375. The number of aromatic nitrogens is 3. The SMILES string of the molecule is CCCn1ccc(C(=O)Nc2ccc(Cl)cn2)n1. The number of halogens is 1. The summed E-state index contributed by atoms with van der Waals surface area (Å²) in [6.45, 7) is 2.85. The van der Waals surface area contributed by atoms with Gasteiger partial charge in [0.1, 0.15) is 5.82 Å². The zero-order chi connectivity index (χ0) is 13.0. The van der Waals surface area contributed by atoms with Crippen molar-refractivity contribution in [1.29, 1.82) is 0 Å². The smallest absolute Gasteiger partial charge is 0.277 e. The highest BCUT2D eigenvalue weighted by atomic mass is 35.5. The third kappa shape index (κ3) is 3.07. The van der Waals surface area contributed by atoms with E-state index in [2.05, 4.69) is 22.3 Å². The van der Waals surface area contributed by atoms with Crippen molar-refractivity contribution >= 4 is 23.3 Å². The Morgan fingerprint density at radius 1 is 1.44 bits per heavy atom. The van der Waals surface area contributed by atoms with Crippen LogP contribution >= 0.6 is 11.6 Å². The number of aryl methyl sites for hydroxylation is 1. The Bertz CT molecular complexity index is 535. The summed E-state index contributed by atoms with van der Waals surface area (Å²) in [4.78, 5) is 15.8. The van der Waals surface area contributed by atoms with E-state index in [4.69, 9.17) is 11.6 Å². The number of anilines is 1. The highest BCUT2D eigenvalue weighted by Crippen LogP contribution is 2.10. The maximum atomic E-state index is 11.9. The van der Waals surface area contributed by atoms with Crippen molar-refractivity contribution < 1.29 is 4.79 Å². The predicted molar refractivity (Wildman–Crippen MR) is 69.7 cm³/mol. The molecule has 0 aliphatic heterocycles. The van der Waals surface area contributed by atoms with Crippen LogP contribution in [-0.4, -0.2) is 20.7 Å². The van der Waals surface area contributed by atoms with E-state index in [0.717, 1.165) is 13.0 Å². The molecule has 0 fully saturated rings. The Labute approximate surface area is 110 Å². The van der Waals surface area contributed by atoms with Crippen molar-refractivity contribution in [2.24, 2.45) is 0 Å². The maximum Gasteiger partial charge on any atom is 0.277 e. The van der Waals surface area contributed by atoms with Gasteiger partial charge in [-0.2, -0.15) is 5.10 Å². The lowest BCUT2D eigenvalue weighted by Gasteiger charge is -2.01. The van der Waals surface area contributed by atoms with Crippen molar-refractivity contribution in [2.45, 2.75) is 19.9 Å². The topological polar surface area (TPSA) is 59.8 Å². The average molecular weight is 265 g/mol.